The van der Waals surface area contributed by atoms with Crippen LogP contribution in [0.5, 0.6) is 5.75 Å². The van der Waals surface area contributed by atoms with Crippen LogP contribution in [-0.4, -0.2) is 27.8 Å². The molecule has 30 heavy (non-hydrogen) atoms. The van der Waals surface area contributed by atoms with Gasteiger partial charge in [-0.1, -0.05) is 12.1 Å². The summed E-state index contributed by atoms with van der Waals surface area (Å²) in [6.45, 7) is 0. The Morgan fingerprint density at radius 2 is 1.67 bits per heavy atom. The lowest BCUT2D eigenvalue weighted by Crippen LogP contribution is -2.15. The van der Waals surface area contributed by atoms with Crippen molar-refractivity contribution in [1.82, 2.24) is 14.8 Å². The number of hydrogen-bond acceptors (Lipinski definition) is 4. The molecule has 1 aromatic heterocycles. The van der Waals surface area contributed by atoms with Gasteiger partial charge in [0.2, 0.25) is 5.82 Å². The molecule has 4 rings (SSSR count). The Morgan fingerprint density at radius 1 is 0.967 bits per heavy atom. The number of aromatic nitrogens is 3. The molecule has 0 atom stereocenters. The number of hydrogen-bond donors (Lipinski definition) is 1. The second-order valence-corrected chi connectivity index (χ2v) is 6.31. The molecule has 8 heteroatoms. The van der Waals surface area contributed by atoms with Crippen molar-refractivity contribution >= 4 is 11.6 Å². The summed E-state index contributed by atoms with van der Waals surface area (Å²) in [5.74, 6) is -0.811. The third kappa shape index (κ3) is 3.88. The van der Waals surface area contributed by atoms with Crippen molar-refractivity contribution in [2.45, 2.75) is 0 Å². The lowest BCUT2D eigenvalue weighted by Gasteiger charge is -2.07. The molecule has 1 N–H and O–H groups in total. The number of carbonyl (C=O) groups is 1. The van der Waals surface area contributed by atoms with Crippen molar-refractivity contribution in [3.8, 4) is 22.8 Å². The maximum Gasteiger partial charge on any atom is 0.295 e. The maximum atomic E-state index is 13.9. The van der Waals surface area contributed by atoms with E-state index in [4.69, 9.17) is 4.74 Å². The third-order valence-corrected chi connectivity index (χ3v) is 4.35. The first-order valence-corrected chi connectivity index (χ1v) is 8.98. The van der Waals surface area contributed by atoms with Gasteiger partial charge < -0.3 is 10.1 Å². The van der Waals surface area contributed by atoms with Gasteiger partial charge in [-0.15, -0.1) is 5.10 Å². The number of anilines is 1. The largest absolute Gasteiger partial charge is 0.497 e. The number of ether oxygens (including phenoxy) is 1. The summed E-state index contributed by atoms with van der Waals surface area (Å²) in [5.41, 5.74) is 1.20. The molecule has 0 aliphatic heterocycles. The quantitative estimate of drug-likeness (QED) is 0.531. The topological polar surface area (TPSA) is 69.0 Å². The summed E-state index contributed by atoms with van der Waals surface area (Å²) < 4.78 is 33.9. The molecule has 0 unspecified atom stereocenters. The molecule has 0 fully saturated rings. The molecule has 0 bridgehead atoms. The molecule has 3 aromatic carbocycles. The lowest BCUT2D eigenvalue weighted by molar-refractivity contribution is 0.101. The first-order chi connectivity index (χ1) is 14.5. The van der Waals surface area contributed by atoms with E-state index in [9.17, 15) is 13.6 Å². The molecule has 150 valence electrons. The second-order valence-electron chi connectivity index (χ2n) is 6.31. The standard InChI is InChI=1S/C22H16F2N4O2/c1-30-17-12-10-16(11-13-17)28-21(14-6-8-15(23)9-7-14)26-20(27-28)22(29)25-19-5-3-2-4-18(19)24/h2-13H,1H3,(H,25,29). The first-order valence-electron chi connectivity index (χ1n) is 8.98. The molecule has 1 amide bonds. The Bertz CT molecular complexity index is 1190. The summed E-state index contributed by atoms with van der Waals surface area (Å²) >= 11 is 0. The second kappa shape index (κ2) is 8.12. The van der Waals surface area contributed by atoms with Gasteiger partial charge in [-0.3, -0.25) is 4.79 Å². The van der Waals surface area contributed by atoms with Crippen LogP contribution in [0.2, 0.25) is 0 Å². The van der Waals surface area contributed by atoms with E-state index in [1.54, 1.807) is 37.4 Å². The smallest absolute Gasteiger partial charge is 0.295 e. The summed E-state index contributed by atoms with van der Waals surface area (Å²) in [5, 5.41) is 6.76. The predicted octanol–water partition coefficient (Wildman–Crippen LogP) is 4.47. The molecule has 0 aliphatic rings. The van der Waals surface area contributed by atoms with Gasteiger partial charge in [0.15, 0.2) is 5.82 Å². The maximum absolute atomic E-state index is 13.9. The van der Waals surface area contributed by atoms with Crippen LogP contribution in [-0.2, 0) is 0 Å². The van der Waals surface area contributed by atoms with Gasteiger partial charge in [-0.25, -0.2) is 18.4 Å². The van der Waals surface area contributed by atoms with Gasteiger partial charge in [0.05, 0.1) is 18.5 Å². The minimum atomic E-state index is -0.671. The van der Waals surface area contributed by atoms with Crippen LogP contribution >= 0.6 is 0 Å². The fourth-order valence-corrected chi connectivity index (χ4v) is 2.84. The average Bonchev–Trinajstić information content (AvgIpc) is 3.21. The number of carbonyl (C=O) groups excluding carboxylic acids is 1. The van der Waals surface area contributed by atoms with Crippen LogP contribution in [0.3, 0.4) is 0 Å². The summed E-state index contributed by atoms with van der Waals surface area (Å²) in [4.78, 5) is 17.0. The Morgan fingerprint density at radius 3 is 2.33 bits per heavy atom. The van der Waals surface area contributed by atoms with Gasteiger partial charge in [0, 0.05) is 5.56 Å². The van der Waals surface area contributed by atoms with E-state index < -0.39 is 17.5 Å². The molecule has 1 heterocycles. The summed E-state index contributed by atoms with van der Waals surface area (Å²) in [7, 11) is 1.56. The number of benzene rings is 3. The first kappa shape index (κ1) is 19.3. The van der Waals surface area contributed by atoms with Crippen LogP contribution in [0.4, 0.5) is 14.5 Å². The molecule has 4 aromatic rings. The summed E-state index contributed by atoms with van der Waals surface area (Å²) in [6.07, 6.45) is 0. The molecule has 0 saturated heterocycles. The summed E-state index contributed by atoms with van der Waals surface area (Å²) in [6, 6.07) is 18.4. The zero-order chi connectivity index (χ0) is 21.1. The SMILES string of the molecule is COc1ccc(-n2nc(C(=O)Nc3ccccc3F)nc2-c2ccc(F)cc2)cc1. The minimum absolute atomic E-state index is 0.0200. The molecule has 0 spiro atoms. The Balaban J connectivity index is 1.75. The van der Waals surface area contributed by atoms with Gasteiger partial charge in [0.1, 0.15) is 17.4 Å². The zero-order valence-electron chi connectivity index (χ0n) is 15.8. The van der Waals surface area contributed by atoms with Crippen LogP contribution < -0.4 is 10.1 Å². The molecule has 0 saturated carbocycles. The Kier molecular flexibility index (Phi) is 5.21. The molecular weight excluding hydrogens is 390 g/mol. The highest BCUT2D eigenvalue weighted by molar-refractivity contribution is 6.01. The van der Waals surface area contributed by atoms with Crippen molar-refractivity contribution in [2.75, 3.05) is 12.4 Å². The van der Waals surface area contributed by atoms with Gasteiger partial charge in [-0.2, -0.15) is 0 Å². The molecule has 6 nitrogen and oxygen atoms in total. The van der Waals surface area contributed by atoms with E-state index in [1.165, 1.54) is 47.1 Å². The number of nitrogens with one attached hydrogen (secondary N) is 1. The van der Waals surface area contributed by atoms with Crippen molar-refractivity contribution in [3.63, 3.8) is 0 Å². The van der Waals surface area contributed by atoms with E-state index in [0.717, 1.165) is 0 Å². The number of nitrogens with zero attached hydrogens (tertiary/aromatic N) is 3. The lowest BCUT2D eigenvalue weighted by atomic mass is 10.2. The monoisotopic (exact) mass is 406 g/mol. The van der Waals surface area contributed by atoms with Gasteiger partial charge in [-0.05, 0) is 60.7 Å². The van der Waals surface area contributed by atoms with Crippen LogP contribution in [0.15, 0.2) is 72.8 Å². The number of methoxy groups -OCH3 is 1. The average molecular weight is 406 g/mol. The number of rotatable bonds is 5. The highest BCUT2D eigenvalue weighted by atomic mass is 19.1. The van der Waals surface area contributed by atoms with Crippen molar-refractivity contribution in [1.29, 1.82) is 0 Å². The van der Waals surface area contributed by atoms with Gasteiger partial charge in [0.25, 0.3) is 5.91 Å². The van der Waals surface area contributed by atoms with E-state index in [1.807, 2.05) is 0 Å². The number of amides is 1. The van der Waals surface area contributed by atoms with Crippen LogP contribution in [0, 0.1) is 11.6 Å². The Labute approximate surface area is 170 Å². The van der Waals surface area contributed by atoms with E-state index in [-0.39, 0.29) is 11.5 Å². The van der Waals surface area contributed by atoms with Gasteiger partial charge >= 0.3 is 0 Å². The number of halogens is 2. The Hall–Kier alpha value is -4.07. The fraction of sp³-hybridized carbons (Fsp3) is 0.0455. The highest BCUT2D eigenvalue weighted by Crippen LogP contribution is 2.24. The molecular formula is C22H16F2N4O2. The van der Waals surface area contributed by atoms with Crippen LogP contribution in [0.1, 0.15) is 10.6 Å². The van der Waals surface area contributed by atoms with E-state index in [2.05, 4.69) is 15.4 Å². The molecule has 0 radical (unpaired) electrons. The third-order valence-electron chi connectivity index (χ3n) is 4.35. The zero-order valence-corrected chi connectivity index (χ0v) is 15.8. The normalized spacial score (nSPS) is 10.6. The van der Waals surface area contributed by atoms with Crippen LogP contribution in [0.25, 0.3) is 17.1 Å². The van der Waals surface area contributed by atoms with E-state index in [0.29, 0.717) is 22.8 Å². The minimum Gasteiger partial charge on any atom is -0.497 e. The van der Waals surface area contributed by atoms with Crippen molar-refractivity contribution < 1.29 is 18.3 Å². The van der Waals surface area contributed by atoms with E-state index >= 15 is 0 Å². The number of para-hydroxylation sites is 1. The molecule has 0 aliphatic carbocycles. The highest BCUT2D eigenvalue weighted by Gasteiger charge is 2.20. The van der Waals surface area contributed by atoms with Crippen molar-refractivity contribution in [2.24, 2.45) is 0 Å². The fourth-order valence-electron chi connectivity index (χ4n) is 2.84. The van der Waals surface area contributed by atoms with Crippen molar-refractivity contribution in [3.05, 3.63) is 90.3 Å². The predicted molar refractivity (Wildman–Crippen MR) is 108 cm³/mol.